The van der Waals surface area contributed by atoms with E-state index in [2.05, 4.69) is 10.3 Å². The summed E-state index contributed by atoms with van der Waals surface area (Å²) in [5.74, 6) is -0.0395. The predicted molar refractivity (Wildman–Crippen MR) is 74.1 cm³/mol. The van der Waals surface area contributed by atoms with Gasteiger partial charge in [0.2, 0.25) is 0 Å². The zero-order valence-electron chi connectivity index (χ0n) is 11.5. The van der Waals surface area contributed by atoms with E-state index in [9.17, 15) is 9.90 Å². The van der Waals surface area contributed by atoms with Crippen molar-refractivity contribution in [3.05, 3.63) is 24.0 Å². The minimum absolute atomic E-state index is 0.0395. The minimum Gasteiger partial charge on any atom is -0.393 e. The molecule has 0 aromatic carbocycles. The van der Waals surface area contributed by atoms with Crippen LogP contribution in [0.15, 0.2) is 18.3 Å². The largest absolute Gasteiger partial charge is 0.393 e. The van der Waals surface area contributed by atoms with Crippen molar-refractivity contribution in [3.63, 3.8) is 0 Å². The molecule has 0 atom stereocenters. The second kappa shape index (κ2) is 6.02. The first-order chi connectivity index (χ1) is 9.13. The van der Waals surface area contributed by atoms with Crippen LogP contribution in [0.1, 0.15) is 37.2 Å². The maximum Gasteiger partial charge on any atom is 0.272 e. The molecule has 1 aliphatic rings. The molecule has 1 aliphatic carbocycles. The third kappa shape index (κ3) is 3.23. The van der Waals surface area contributed by atoms with Crippen molar-refractivity contribution in [2.24, 2.45) is 0 Å². The molecule has 2 rings (SSSR count). The van der Waals surface area contributed by atoms with Gasteiger partial charge in [-0.25, -0.2) is 0 Å². The summed E-state index contributed by atoms with van der Waals surface area (Å²) < 4.78 is 0. The van der Waals surface area contributed by atoms with Crippen molar-refractivity contribution in [2.75, 3.05) is 18.4 Å². The first kappa shape index (κ1) is 13.8. The number of anilines is 1. The van der Waals surface area contributed by atoms with E-state index in [1.165, 1.54) is 0 Å². The molecule has 5 heteroatoms. The van der Waals surface area contributed by atoms with Gasteiger partial charge in [-0.15, -0.1) is 0 Å². The molecule has 0 spiro atoms. The standard InChI is InChI=1S/C14H21N3O2/c1-3-17(4-2)14(19)13-9-10(5-6-15-13)16-11-7-12(18)8-11/h5-6,9,11-12,18H,3-4,7-8H2,1-2H3,(H,15,16). The highest BCUT2D eigenvalue weighted by molar-refractivity contribution is 5.93. The van der Waals surface area contributed by atoms with Gasteiger partial charge in [-0.3, -0.25) is 9.78 Å². The summed E-state index contributed by atoms with van der Waals surface area (Å²) in [6, 6.07) is 3.93. The van der Waals surface area contributed by atoms with Gasteiger partial charge >= 0.3 is 0 Å². The number of amides is 1. The van der Waals surface area contributed by atoms with Crippen LogP contribution in [0, 0.1) is 0 Å². The fraction of sp³-hybridized carbons (Fsp3) is 0.571. The zero-order chi connectivity index (χ0) is 13.8. The van der Waals surface area contributed by atoms with Crippen molar-refractivity contribution in [3.8, 4) is 0 Å². The molecule has 1 saturated carbocycles. The number of carbonyl (C=O) groups is 1. The molecule has 1 fully saturated rings. The molecular formula is C14H21N3O2. The van der Waals surface area contributed by atoms with Crippen molar-refractivity contribution in [1.82, 2.24) is 9.88 Å². The Morgan fingerprint density at radius 2 is 2.16 bits per heavy atom. The average Bonchev–Trinajstić information content (AvgIpc) is 2.38. The third-order valence-electron chi connectivity index (χ3n) is 3.51. The van der Waals surface area contributed by atoms with Gasteiger partial charge in [0, 0.05) is 31.0 Å². The summed E-state index contributed by atoms with van der Waals surface area (Å²) >= 11 is 0. The van der Waals surface area contributed by atoms with E-state index < -0.39 is 0 Å². The monoisotopic (exact) mass is 263 g/mol. The van der Waals surface area contributed by atoms with E-state index in [1.807, 2.05) is 19.9 Å². The molecule has 0 bridgehead atoms. The number of aromatic nitrogens is 1. The SMILES string of the molecule is CCN(CC)C(=O)c1cc(NC2CC(O)C2)ccn1. The number of hydrogen-bond donors (Lipinski definition) is 2. The molecule has 104 valence electrons. The van der Waals surface area contributed by atoms with Crippen molar-refractivity contribution >= 4 is 11.6 Å². The van der Waals surface area contributed by atoms with E-state index in [1.54, 1.807) is 17.2 Å². The van der Waals surface area contributed by atoms with Crippen LogP contribution in [0.4, 0.5) is 5.69 Å². The molecule has 0 aliphatic heterocycles. The Bertz CT molecular complexity index is 440. The normalized spacial score (nSPS) is 21.6. The number of pyridine rings is 1. The Morgan fingerprint density at radius 3 is 2.74 bits per heavy atom. The molecule has 2 N–H and O–H groups in total. The van der Waals surface area contributed by atoms with Crippen molar-refractivity contribution in [2.45, 2.75) is 38.8 Å². The maximum absolute atomic E-state index is 12.2. The lowest BCUT2D eigenvalue weighted by atomic mass is 9.89. The second-order valence-corrected chi connectivity index (χ2v) is 4.87. The zero-order valence-corrected chi connectivity index (χ0v) is 11.5. The molecule has 1 amide bonds. The smallest absolute Gasteiger partial charge is 0.272 e. The molecular weight excluding hydrogens is 242 g/mol. The van der Waals surface area contributed by atoms with Crippen LogP contribution in [-0.2, 0) is 0 Å². The number of rotatable bonds is 5. The van der Waals surface area contributed by atoms with Crippen LogP contribution >= 0.6 is 0 Å². The lowest BCUT2D eigenvalue weighted by Gasteiger charge is -2.32. The minimum atomic E-state index is -0.184. The lowest BCUT2D eigenvalue weighted by molar-refractivity contribution is 0.0766. The predicted octanol–water partition coefficient (Wildman–Crippen LogP) is 1.50. The average molecular weight is 263 g/mol. The first-order valence-corrected chi connectivity index (χ1v) is 6.84. The van der Waals surface area contributed by atoms with E-state index in [-0.39, 0.29) is 12.0 Å². The Labute approximate surface area is 113 Å². The Kier molecular flexibility index (Phi) is 4.37. The van der Waals surface area contributed by atoms with Gasteiger partial charge in [0.25, 0.3) is 5.91 Å². The van der Waals surface area contributed by atoms with Crippen LogP contribution in [0.2, 0.25) is 0 Å². The van der Waals surface area contributed by atoms with Gasteiger partial charge in [0.1, 0.15) is 5.69 Å². The van der Waals surface area contributed by atoms with Crippen LogP contribution < -0.4 is 5.32 Å². The van der Waals surface area contributed by atoms with Crippen LogP contribution in [0.25, 0.3) is 0 Å². The van der Waals surface area contributed by atoms with E-state index in [4.69, 9.17) is 0 Å². The van der Waals surface area contributed by atoms with Gasteiger partial charge in [-0.2, -0.15) is 0 Å². The Balaban J connectivity index is 2.04. The highest BCUT2D eigenvalue weighted by Gasteiger charge is 2.27. The summed E-state index contributed by atoms with van der Waals surface area (Å²) in [4.78, 5) is 18.1. The third-order valence-corrected chi connectivity index (χ3v) is 3.51. The van der Waals surface area contributed by atoms with Crippen LogP contribution in [-0.4, -0.2) is 46.1 Å². The molecule has 0 unspecified atom stereocenters. The van der Waals surface area contributed by atoms with Gasteiger partial charge in [-0.05, 0) is 38.8 Å². The molecule has 19 heavy (non-hydrogen) atoms. The second-order valence-electron chi connectivity index (χ2n) is 4.87. The summed E-state index contributed by atoms with van der Waals surface area (Å²) in [7, 11) is 0. The number of carbonyl (C=O) groups excluding carboxylic acids is 1. The number of aliphatic hydroxyl groups is 1. The van der Waals surface area contributed by atoms with Gasteiger partial charge in [0.05, 0.1) is 6.10 Å². The molecule has 0 saturated heterocycles. The molecule has 5 nitrogen and oxygen atoms in total. The number of hydrogen-bond acceptors (Lipinski definition) is 4. The summed E-state index contributed by atoms with van der Waals surface area (Å²) in [6.45, 7) is 5.28. The van der Waals surface area contributed by atoms with Crippen LogP contribution in [0.5, 0.6) is 0 Å². The molecule has 1 aromatic heterocycles. The molecule has 0 radical (unpaired) electrons. The van der Waals surface area contributed by atoms with Crippen LogP contribution in [0.3, 0.4) is 0 Å². The first-order valence-electron chi connectivity index (χ1n) is 6.84. The highest BCUT2D eigenvalue weighted by atomic mass is 16.3. The van der Waals surface area contributed by atoms with E-state index in [0.717, 1.165) is 18.5 Å². The van der Waals surface area contributed by atoms with Crippen molar-refractivity contribution in [1.29, 1.82) is 0 Å². The topological polar surface area (TPSA) is 65.5 Å². The fourth-order valence-corrected chi connectivity index (χ4v) is 2.25. The van der Waals surface area contributed by atoms with Gasteiger partial charge in [-0.1, -0.05) is 0 Å². The fourth-order valence-electron chi connectivity index (χ4n) is 2.25. The highest BCUT2D eigenvalue weighted by Crippen LogP contribution is 2.24. The maximum atomic E-state index is 12.2. The summed E-state index contributed by atoms with van der Waals surface area (Å²) in [6.07, 6.45) is 2.99. The number of nitrogens with one attached hydrogen (secondary N) is 1. The van der Waals surface area contributed by atoms with E-state index in [0.29, 0.717) is 24.8 Å². The van der Waals surface area contributed by atoms with Gasteiger partial charge in [0.15, 0.2) is 0 Å². The molecule has 1 aromatic rings. The Hall–Kier alpha value is -1.62. The number of aliphatic hydroxyl groups excluding tert-OH is 1. The summed E-state index contributed by atoms with van der Waals surface area (Å²) in [5, 5.41) is 12.6. The van der Waals surface area contributed by atoms with Crippen molar-refractivity contribution < 1.29 is 9.90 Å². The van der Waals surface area contributed by atoms with E-state index >= 15 is 0 Å². The lowest BCUT2D eigenvalue weighted by Crippen LogP contribution is -2.39. The number of nitrogens with zero attached hydrogens (tertiary/aromatic N) is 2. The molecule has 1 heterocycles. The quantitative estimate of drug-likeness (QED) is 0.845. The Morgan fingerprint density at radius 1 is 1.47 bits per heavy atom. The van der Waals surface area contributed by atoms with Gasteiger partial charge < -0.3 is 15.3 Å². The summed E-state index contributed by atoms with van der Waals surface area (Å²) in [5.41, 5.74) is 1.36.